The summed E-state index contributed by atoms with van der Waals surface area (Å²) in [7, 11) is 6.13. The fourth-order valence-corrected chi connectivity index (χ4v) is 2.33. The van der Waals surface area contributed by atoms with Gasteiger partial charge in [0.05, 0.1) is 5.69 Å². The zero-order valence-electron chi connectivity index (χ0n) is 12.5. The van der Waals surface area contributed by atoms with Gasteiger partial charge in [-0.2, -0.15) is 4.98 Å². The van der Waals surface area contributed by atoms with Crippen LogP contribution in [0, 0.1) is 0 Å². The van der Waals surface area contributed by atoms with Crippen molar-refractivity contribution in [3.05, 3.63) is 11.3 Å². The fourth-order valence-electron chi connectivity index (χ4n) is 2.33. The van der Waals surface area contributed by atoms with E-state index in [9.17, 15) is 0 Å². The molecule has 0 radical (unpaired) electrons. The Morgan fingerprint density at radius 3 is 2.68 bits per heavy atom. The molecule has 0 fully saturated rings. The minimum Gasteiger partial charge on any atom is -0.359 e. The van der Waals surface area contributed by atoms with Crippen LogP contribution in [-0.4, -0.2) is 44.2 Å². The summed E-state index contributed by atoms with van der Waals surface area (Å²) in [6, 6.07) is 0. The predicted octanol–water partition coefficient (Wildman–Crippen LogP) is 1.42. The lowest BCUT2D eigenvalue weighted by Gasteiger charge is -2.27. The van der Waals surface area contributed by atoms with E-state index in [0.29, 0.717) is 0 Å². The molecule has 2 heterocycles. The summed E-state index contributed by atoms with van der Waals surface area (Å²) in [5, 5.41) is 3.42. The lowest BCUT2D eigenvalue weighted by atomic mass is 10.1. The Kier molecular flexibility index (Phi) is 4.58. The van der Waals surface area contributed by atoms with E-state index in [0.717, 1.165) is 37.8 Å². The van der Waals surface area contributed by atoms with Crippen molar-refractivity contribution < 1.29 is 0 Å². The lowest BCUT2D eigenvalue weighted by Crippen LogP contribution is -2.31. The Hall–Kier alpha value is -1.36. The standard InChI is InChI=1S/C14H25N5/c1-5-6-9-19(4)13-11-10-15-8-7-12(11)16-14(17-13)18(2)3/h15H,5-10H2,1-4H3. The minimum absolute atomic E-state index is 0.819. The van der Waals surface area contributed by atoms with Gasteiger partial charge in [0.25, 0.3) is 0 Å². The van der Waals surface area contributed by atoms with Crippen LogP contribution >= 0.6 is 0 Å². The van der Waals surface area contributed by atoms with Crippen LogP contribution in [0.15, 0.2) is 0 Å². The van der Waals surface area contributed by atoms with E-state index in [4.69, 9.17) is 4.98 Å². The average molecular weight is 263 g/mol. The summed E-state index contributed by atoms with van der Waals surface area (Å²) in [6.07, 6.45) is 3.39. The highest BCUT2D eigenvalue weighted by atomic mass is 15.3. The van der Waals surface area contributed by atoms with E-state index in [2.05, 4.69) is 29.2 Å². The van der Waals surface area contributed by atoms with Crippen LogP contribution in [0.3, 0.4) is 0 Å². The van der Waals surface area contributed by atoms with Crippen LogP contribution in [0.5, 0.6) is 0 Å². The Bertz CT molecular complexity index is 430. The number of hydrogen-bond acceptors (Lipinski definition) is 5. The molecule has 5 nitrogen and oxygen atoms in total. The molecule has 1 aromatic rings. The molecule has 106 valence electrons. The van der Waals surface area contributed by atoms with Gasteiger partial charge in [0, 0.05) is 52.8 Å². The average Bonchev–Trinajstić information content (AvgIpc) is 2.43. The third-order valence-electron chi connectivity index (χ3n) is 3.51. The Balaban J connectivity index is 2.35. The van der Waals surface area contributed by atoms with Crippen molar-refractivity contribution in [2.24, 2.45) is 0 Å². The molecule has 0 amide bonds. The van der Waals surface area contributed by atoms with Crippen molar-refractivity contribution in [2.45, 2.75) is 32.7 Å². The second-order valence-electron chi connectivity index (χ2n) is 5.37. The molecule has 1 aromatic heterocycles. The highest BCUT2D eigenvalue weighted by Crippen LogP contribution is 2.25. The molecule has 0 unspecified atom stereocenters. The molecule has 0 saturated heterocycles. The molecule has 0 spiro atoms. The van der Waals surface area contributed by atoms with Crippen LogP contribution in [0.25, 0.3) is 0 Å². The van der Waals surface area contributed by atoms with Gasteiger partial charge in [-0.25, -0.2) is 4.98 Å². The zero-order chi connectivity index (χ0) is 13.8. The van der Waals surface area contributed by atoms with Crippen molar-refractivity contribution in [3.63, 3.8) is 0 Å². The van der Waals surface area contributed by atoms with Gasteiger partial charge in [-0.3, -0.25) is 0 Å². The van der Waals surface area contributed by atoms with Crippen molar-refractivity contribution in [1.29, 1.82) is 0 Å². The number of fused-ring (bicyclic) bond motifs is 1. The third-order valence-corrected chi connectivity index (χ3v) is 3.51. The van der Waals surface area contributed by atoms with E-state index in [1.807, 2.05) is 19.0 Å². The number of unbranched alkanes of at least 4 members (excludes halogenated alkanes) is 1. The van der Waals surface area contributed by atoms with Gasteiger partial charge >= 0.3 is 0 Å². The van der Waals surface area contributed by atoms with Gasteiger partial charge in [-0.1, -0.05) is 13.3 Å². The predicted molar refractivity (Wildman–Crippen MR) is 79.9 cm³/mol. The second-order valence-corrected chi connectivity index (χ2v) is 5.37. The molecular formula is C14H25N5. The zero-order valence-corrected chi connectivity index (χ0v) is 12.5. The molecule has 0 bridgehead atoms. The highest BCUT2D eigenvalue weighted by Gasteiger charge is 2.20. The normalized spacial score (nSPS) is 14.1. The van der Waals surface area contributed by atoms with E-state index in [-0.39, 0.29) is 0 Å². The van der Waals surface area contributed by atoms with Crippen LogP contribution in [-0.2, 0) is 13.0 Å². The quantitative estimate of drug-likeness (QED) is 0.870. The van der Waals surface area contributed by atoms with Crippen molar-refractivity contribution >= 4 is 11.8 Å². The second kappa shape index (κ2) is 6.19. The molecule has 1 aliphatic heterocycles. The van der Waals surface area contributed by atoms with Crippen LogP contribution < -0.4 is 15.1 Å². The van der Waals surface area contributed by atoms with Gasteiger partial charge in [-0.05, 0) is 6.42 Å². The van der Waals surface area contributed by atoms with E-state index < -0.39 is 0 Å². The van der Waals surface area contributed by atoms with Gasteiger partial charge in [-0.15, -0.1) is 0 Å². The number of anilines is 2. The molecule has 19 heavy (non-hydrogen) atoms. The summed E-state index contributed by atoms with van der Waals surface area (Å²) in [5.74, 6) is 1.91. The summed E-state index contributed by atoms with van der Waals surface area (Å²) in [4.78, 5) is 13.7. The molecule has 1 N–H and O–H groups in total. The first-order chi connectivity index (χ1) is 9.13. The number of aromatic nitrogens is 2. The maximum Gasteiger partial charge on any atom is 0.227 e. The molecule has 0 saturated carbocycles. The molecule has 1 aliphatic rings. The Morgan fingerprint density at radius 1 is 1.21 bits per heavy atom. The molecular weight excluding hydrogens is 238 g/mol. The molecule has 0 aliphatic carbocycles. The van der Waals surface area contributed by atoms with E-state index in [1.54, 1.807) is 0 Å². The Labute approximate surface area is 116 Å². The van der Waals surface area contributed by atoms with Gasteiger partial charge < -0.3 is 15.1 Å². The van der Waals surface area contributed by atoms with E-state index in [1.165, 1.54) is 24.1 Å². The third kappa shape index (κ3) is 3.15. The fraction of sp³-hybridized carbons (Fsp3) is 0.714. The first-order valence-corrected chi connectivity index (χ1v) is 7.12. The Morgan fingerprint density at radius 2 is 2.00 bits per heavy atom. The molecule has 0 atom stereocenters. The summed E-state index contributed by atoms with van der Waals surface area (Å²) >= 11 is 0. The number of hydrogen-bond donors (Lipinski definition) is 1. The number of nitrogens with zero attached hydrogens (tertiary/aromatic N) is 4. The van der Waals surface area contributed by atoms with Crippen LogP contribution in [0.1, 0.15) is 31.0 Å². The monoisotopic (exact) mass is 263 g/mol. The molecule has 5 heteroatoms. The van der Waals surface area contributed by atoms with Gasteiger partial charge in [0.15, 0.2) is 0 Å². The van der Waals surface area contributed by atoms with Crippen molar-refractivity contribution in [3.8, 4) is 0 Å². The van der Waals surface area contributed by atoms with Crippen LogP contribution in [0.2, 0.25) is 0 Å². The van der Waals surface area contributed by atoms with Gasteiger partial charge in [0.2, 0.25) is 5.95 Å². The SMILES string of the molecule is CCCCN(C)c1nc(N(C)C)nc2c1CNCC2. The first-order valence-electron chi connectivity index (χ1n) is 7.12. The first kappa shape index (κ1) is 14.1. The highest BCUT2D eigenvalue weighted by molar-refractivity contribution is 5.53. The molecule has 0 aromatic carbocycles. The largest absolute Gasteiger partial charge is 0.359 e. The molecule has 2 rings (SSSR count). The van der Waals surface area contributed by atoms with Gasteiger partial charge in [0.1, 0.15) is 5.82 Å². The summed E-state index contributed by atoms with van der Waals surface area (Å²) in [6.45, 7) is 5.16. The van der Waals surface area contributed by atoms with Crippen molar-refractivity contribution in [1.82, 2.24) is 15.3 Å². The summed E-state index contributed by atoms with van der Waals surface area (Å²) < 4.78 is 0. The van der Waals surface area contributed by atoms with Crippen molar-refractivity contribution in [2.75, 3.05) is 44.0 Å². The minimum atomic E-state index is 0.819. The summed E-state index contributed by atoms with van der Waals surface area (Å²) in [5.41, 5.74) is 2.48. The smallest absolute Gasteiger partial charge is 0.227 e. The maximum atomic E-state index is 4.74. The number of nitrogens with one attached hydrogen (secondary N) is 1. The number of rotatable bonds is 5. The lowest BCUT2D eigenvalue weighted by molar-refractivity contribution is 0.620. The van der Waals surface area contributed by atoms with E-state index >= 15 is 0 Å². The van der Waals surface area contributed by atoms with Crippen LogP contribution in [0.4, 0.5) is 11.8 Å². The maximum absolute atomic E-state index is 4.74. The topological polar surface area (TPSA) is 44.3 Å².